The zero-order valence-corrected chi connectivity index (χ0v) is 14.3. The highest BCUT2D eigenvalue weighted by molar-refractivity contribution is 5.39. The smallest absolute Gasteiger partial charge is 0.0629 e. The lowest BCUT2D eigenvalue weighted by atomic mass is 9.91. The van der Waals surface area contributed by atoms with E-state index in [1.165, 1.54) is 33.5 Å². The largest absolute Gasteiger partial charge is 0.313 e. The van der Waals surface area contributed by atoms with Gasteiger partial charge in [-0.25, -0.2) is 0 Å². The van der Waals surface area contributed by atoms with E-state index in [4.69, 9.17) is 0 Å². The summed E-state index contributed by atoms with van der Waals surface area (Å²) >= 11 is 0. The predicted molar refractivity (Wildman–Crippen MR) is 88.8 cm³/mol. The van der Waals surface area contributed by atoms with Crippen molar-refractivity contribution in [3.8, 4) is 0 Å². The van der Waals surface area contributed by atoms with Gasteiger partial charge in [-0.05, 0) is 75.9 Å². The van der Waals surface area contributed by atoms with Gasteiger partial charge in [0, 0.05) is 18.8 Å². The summed E-state index contributed by atoms with van der Waals surface area (Å²) in [7, 11) is 4.06. The minimum atomic E-state index is 0.325. The van der Waals surface area contributed by atoms with E-state index >= 15 is 0 Å². The fraction of sp³-hybridized carbons (Fsp3) is 0.500. The number of likely N-dealkylation sites (N-methyl/N-ethyl adjacent to an activating group) is 1. The Hall–Kier alpha value is -1.61. The van der Waals surface area contributed by atoms with Crippen LogP contribution in [0.2, 0.25) is 0 Å². The maximum Gasteiger partial charge on any atom is 0.0629 e. The minimum Gasteiger partial charge on any atom is -0.313 e. The molecule has 0 amide bonds. The Labute approximate surface area is 128 Å². The number of hydrogen-bond donors (Lipinski definition) is 1. The third-order valence-electron chi connectivity index (χ3n) is 4.67. The maximum absolute atomic E-state index is 4.53. The summed E-state index contributed by atoms with van der Waals surface area (Å²) in [6.45, 7) is 10.8. The summed E-state index contributed by atoms with van der Waals surface area (Å²) < 4.78 is 1.98. The van der Waals surface area contributed by atoms with Crippen molar-refractivity contribution in [3.05, 3.63) is 51.3 Å². The van der Waals surface area contributed by atoms with Gasteiger partial charge in [0.2, 0.25) is 0 Å². The van der Waals surface area contributed by atoms with Crippen molar-refractivity contribution in [2.24, 2.45) is 7.05 Å². The normalized spacial score (nSPS) is 12.7. The molecule has 0 bridgehead atoms. The summed E-state index contributed by atoms with van der Waals surface area (Å²) in [6.07, 6.45) is 0.978. The molecule has 0 aliphatic rings. The molecule has 0 saturated heterocycles. The van der Waals surface area contributed by atoms with Gasteiger partial charge in [-0.1, -0.05) is 12.1 Å². The third-order valence-corrected chi connectivity index (χ3v) is 4.67. The summed E-state index contributed by atoms with van der Waals surface area (Å²) in [4.78, 5) is 0. The van der Waals surface area contributed by atoms with Gasteiger partial charge in [-0.2, -0.15) is 5.10 Å². The Kier molecular flexibility index (Phi) is 4.52. The van der Waals surface area contributed by atoms with Gasteiger partial charge in [0.1, 0.15) is 0 Å². The standard InChI is InChI=1S/C18H27N3/c1-11-8-13(3)16(9-12(11)2)18(19-6)10-17-14(4)20-21(7)15(17)5/h8-9,18-19H,10H2,1-7H3. The lowest BCUT2D eigenvalue weighted by molar-refractivity contribution is 0.585. The van der Waals surface area contributed by atoms with Gasteiger partial charge in [-0.3, -0.25) is 4.68 Å². The molecular formula is C18H27N3. The van der Waals surface area contributed by atoms with E-state index in [2.05, 4.69) is 57.2 Å². The highest BCUT2D eigenvalue weighted by Crippen LogP contribution is 2.26. The lowest BCUT2D eigenvalue weighted by Gasteiger charge is -2.21. The number of aryl methyl sites for hydroxylation is 5. The van der Waals surface area contributed by atoms with Gasteiger partial charge in [0.15, 0.2) is 0 Å². The van der Waals surface area contributed by atoms with Gasteiger partial charge in [-0.15, -0.1) is 0 Å². The molecule has 0 aliphatic carbocycles. The number of benzene rings is 1. The topological polar surface area (TPSA) is 29.9 Å². The number of nitrogens with one attached hydrogen (secondary N) is 1. The fourth-order valence-corrected chi connectivity index (χ4v) is 3.04. The monoisotopic (exact) mass is 285 g/mol. The van der Waals surface area contributed by atoms with Crippen LogP contribution in [0.15, 0.2) is 12.1 Å². The van der Waals surface area contributed by atoms with Crippen LogP contribution in [0.3, 0.4) is 0 Å². The highest BCUT2D eigenvalue weighted by Gasteiger charge is 2.18. The first kappa shape index (κ1) is 15.8. The van der Waals surface area contributed by atoms with Gasteiger partial charge < -0.3 is 5.32 Å². The van der Waals surface area contributed by atoms with Crippen LogP contribution >= 0.6 is 0 Å². The molecule has 1 aromatic heterocycles. The van der Waals surface area contributed by atoms with Crippen molar-refractivity contribution in [1.29, 1.82) is 0 Å². The van der Waals surface area contributed by atoms with E-state index in [-0.39, 0.29) is 0 Å². The number of nitrogens with zero attached hydrogens (tertiary/aromatic N) is 2. The molecule has 1 atom stereocenters. The van der Waals surface area contributed by atoms with Crippen molar-refractivity contribution in [2.45, 2.75) is 47.1 Å². The predicted octanol–water partition coefficient (Wildman–Crippen LogP) is 3.47. The van der Waals surface area contributed by atoms with E-state index in [1.807, 2.05) is 18.8 Å². The quantitative estimate of drug-likeness (QED) is 0.932. The highest BCUT2D eigenvalue weighted by atomic mass is 15.3. The number of rotatable bonds is 4. The van der Waals surface area contributed by atoms with Crippen LogP contribution in [0, 0.1) is 34.6 Å². The van der Waals surface area contributed by atoms with Crippen LogP contribution in [0.1, 0.15) is 45.2 Å². The molecule has 0 aliphatic heterocycles. The van der Waals surface area contributed by atoms with E-state index in [1.54, 1.807) is 0 Å². The first-order chi connectivity index (χ1) is 9.85. The molecule has 0 saturated carbocycles. The molecule has 1 heterocycles. The molecule has 1 unspecified atom stereocenters. The molecule has 1 N–H and O–H groups in total. The Morgan fingerprint density at radius 2 is 1.67 bits per heavy atom. The Morgan fingerprint density at radius 1 is 1.05 bits per heavy atom. The average Bonchev–Trinajstić information content (AvgIpc) is 2.66. The molecule has 1 aromatic carbocycles. The summed E-state index contributed by atoms with van der Waals surface area (Å²) in [5.74, 6) is 0. The number of aromatic nitrogens is 2. The van der Waals surface area contributed by atoms with Crippen molar-refractivity contribution in [3.63, 3.8) is 0 Å². The molecule has 2 aromatic rings. The van der Waals surface area contributed by atoms with E-state index in [9.17, 15) is 0 Å². The van der Waals surface area contributed by atoms with E-state index in [0.29, 0.717) is 6.04 Å². The van der Waals surface area contributed by atoms with Crippen LogP contribution in [0.25, 0.3) is 0 Å². The molecule has 3 heteroatoms. The lowest BCUT2D eigenvalue weighted by Crippen LogP contribution is -2.20. The van der Waals surface area contributed by atoms with Crippen molar-refractivity contribution < 1.29 is 0 Å². The van der Waals surface area contributed by atoms with Gasteiger partial charge in [0.05, 0.1) is 5.69 Å². The summed E-state index contributed by atoms with van der Waals surface area (Å²) in [6, 6.07) is 4.94. The second-order valence-electron chi connectivity index (χ2n) is 6.11. The molecule has 21 heavy (non-hydrogen) atoms. The molecule has 0 fully saturated rings. The van der Waals surface area contributed by atoms with Crippen LogP contribution in [0.5, 0.6) is 0 Å². The summed E-state index contributed by atoms with van der Waals surface area (Å²) in [5.41, 5.74) is 9.22. The maximum atomic E-state index is 4.53. The Balaban J connectivity index is 2.39. The molecule has 0 spiro atoms. The molecule has 114 valence electrons. The Morgan fingerprint density at radius 3 is 2.19 bits per heavy atom. The van der Waals surface area contributed by atoms with Crippen molar-refractivity contribution in [2.75, 3.05) is 7.05 Å². The van der Waals surface area contributed by atoms with Crippen LogP contribution in [-0.4, -0.2) is 16.8 Å². The van der Waals surface area contributed by atoms with Crippen LogP contribution in [0.4, 0.5) is 0 Å². The molecule has 3 nitrogen and oxygen atoms in total. The van der Waals surface area contributed by atoms with Crippen LogP contribution in [-0.2, 0) is 13.5 Å². The Bertz CT molecular complexity index is 653. The second-order valence-corrected chi connectivity index (χ2v) is 6.11. The SMILES string of the molecule is CNC(Cc1c(C)nn(C)c1C)c1cc(C)c(C)cc1C. The third kappa shape index (κ3) is 3.03. The molecular weight excluding hydrogens is 258 g/mol. The zero-order chi connectivity index (χ0) is 15.7. The van der Waals surface area contributed by atoms with Crippen molar-refractivity contribution in [1.82, 2.24) is 15.1 Å². The first-order valence-electron chi connectivity index (χ1n) is 7.59. The zero-order valence-electron chi connectivity index (χ0n) is 14.3. The molecule has 0 radical (unpaired) electrons. The van der Waals surface area contributed by atoms with Gasteiger partial charge >= 0.3 is 0 Å². The summed E-state index contributed by atoms with van der Waals surface area (Å²) in [5, 5.41) is 8.02. The number of hydrogen-bond acceptors (Lipinski definition) is 2. The fourth-order valence-electron chi connectivity index (χ4n) is 3.04. The molecule has 2 rings (SSSR count). The van der Waals surface area contributed by atoms with Crippen LogP contribution < -0.4 is 5.32 Å². The average molecular weight is 285 g/mol. The van der Waals surface area contributed by atoms with Crippen molar-refractivity contribution >= 4 is 0 Å². The second kappa shape index (κ2) is 6.02. The van der Waals surface area contributed by atoms with Gasteiger partial charge in [0.25, 0.3) is 0 Å². The minimum absolute atomic E-state index is 0.325. The van der Waals surface area contributed by atoms with E-state index in [0.717, 1.165) is 12.1 Å². The van der Waals surface area contributed by atoms with E-state index < -0.39 is 0 Å². The first-order valence-corrected chi connectivity index (χ1v) is 7.59.